The Morgan fingerprint density at radius 1 is 1.30 bits per heavy atom. The van der Waals surface area contributed by atoms with Crippen LogP contribution in [-0.4, -0.2) is 60.9 Å². The number of alkyl halides is 3. The van der Waals surface area contributed by atoms with E-state index < -0.39 is 12.7 Å². The summed E-state index contributed by atoms with van der Waals surface area (Å²) in [7, 11) is 0. The number of hydrogen-bond donors (Lipinski definition) is 3. The second-order valence-corrected chi connectivity index (χ2v) is 6.51. The fourth-order valence-electron chi connectivity index (χ4n) is 3.00. The van der Waals surface area contributed by atoms with Crippen LogP contribution in [0.1, 0.15) is 25.3 Å². The smallest absolute Gasteiger partial charge is 0.401 e. The predicted molar refractivity (Wildman–Crippen MR) is 112 cm³/mol. The zero-order chi connectivity index (χ0) is 19.0. The molecule has 9 heteroatoms. The van der Waals surface area contributed by atoms with Crippen LogP contribution in [0.25, 0.3) is 0 Å². The van der Waals surface area contributed by atoms with Gasteiger partial charge in [-0.15, -0.1) is 24.0 Å². The highest BCUT2D eigenvalue weighted by atomic mass is 127. The molecular formula is C18H28F3IN4O. The maximum atomic E-state index is 12.5. The molecule has 0 radical (unpaired) electrons. The monoisotopic (exact) mass is 500 g/mol. The third-order valence-electron chi connectivity index (χ3n) is 4.19. The number of guanidine groups is 1. The standard InChI is InChI=1S/C18H27F3N4O.HI/c1-2-22-17(23-10-3-4-14-5-7-16(26)8-6-14)24-15-9-11-25(12-15)13-18(19,20)21;/h5-8,15,26H,2-4,9-13H2,1H3,(H2,22,23,24);1H. The van der Waals surface area contributed by atoms with Crippen LogP contribution in [-0.2, 0) is 6.42 Å². The number of rotatable bonds is 7. The van der Waals surface area contributed by atoms with Crippen molar-refractivity contribution >= 4 is 29.9 Å². The number of nitrogens with zero attached hydrogens (tertiary/aromatic N) is 2. The van der Waals surface area contributed by atoms with E-state index >= 15 is 0 Å². The first-order valence-electron chi connectivity index (χ1n) is 8.97. The molecule has 0 bridgehead atoms. The highest BCUT2D eigenvalue weighted by molar-refractivity contribution is 14.0. The number of hydrogen-bond acceptors (Lipinski definition) is 3. The van der Waals surface area contributed by atoms with Crippen molar-refractivity contribution in [1.82, 2.24) is 15.5 Å². The van der Waals surface area contributed by atoms with Gasteiger partial charge in [-0.2, -0.15) is 13.2 Å². The van der Waals surface area contributed by atoms with E-state index in [0.717, 1.165) is 18.4 Å². The molecule has 1 heterocycles. The zero-order valence-corrected chi connectivity index (χ0v) is 17.8. The van der Waals surface area contributed by atoms with Gasteiger partial charge in [-0.05, 0) is 43.9 Å². The Balaban J connectivity index is 0.00000364. The SMILES string of the molecule is CCNC(=NCCCc1ccc(O)cc1)NC1CCN(CC(F)(F)F)C1.I. The van der Waals surface area contributed by atoms with E-state index in [9.17, 15) is 18.3 Å². The molecule has 154 valence electrons. The lowest BCUT2D eigenvalue weighted by Crippen LogP contribution is -2.45. The molecule has 1 aliphatic heterocycles. The van der Waals surface area contributed by atoms with Gasteiger partial charge in [0, 0.05) is 32.2 Å². The van der Waals surface area contributed by atoms with Gasteiger partial charge in [0.1, 0.15) is 5.75 Å². The first-order chi connectivity index (χ1) is 12.4. The molecule has 1 aromatic carbocycles. The van der Waals surface area contributed by atoms with Crippen LogP contribution in [0.2, 0.25) is 0 Å². The van der Waals surface area contributed by atoms with Gasteiger partial charge >= 0.3 is 6.18 Å². The summed E-state index contributed by atoms with van der Waals surface area (Å²) in [5.74, 6) is 0.901. The van der Waals surface area contributed by atoms with Gasteiger partial charge in [-0.25, -0.2) is 0 Å². The van der Waals surface area contributed by atoms with Crippen molar-refractivity contribution in [2.45, 2.75) is 38.4 Å². The second-order valence-electron chi connectivity index (χ2n) is 6.51. The van der Waals surface area contributed by atoms with Gasteiger partial charge in [0.25, 0.3) is 0 Å². The van der Waals surface area contributed by atoms with Gasteiger partial charge in [0.15, 0.2) is 5.96 Å². The highest BCUT2D eigenvalue weighted by Gasteiger charge is 2.34. The molecule has 27 heavy (non-hydrogen) atoms. The summed E-state index contributed by atoms with van der Waals surface area (Å²) >= 11 is 0. The van der Waals surface area contributed by atoms with Gasteiger partial charge in [-0.1, -0.05) is 12.1 Å². The van der Waals surface area contributed by atoms with E-state index in [1.807, 2.05) is 19.1 Å². The Morgan fingerprint density at radius 2 is 2.00 bits per heavy atom. The number of nitrogens with one attached hydrogen (secondary N) is 2. The summed E-state index contributed by atoms with van der Waals surface area (Å²) in [4.78, 5) is 5.94. The van der Waals surface area contributed by atoms with Gasteiger partial charge in [0.05, 0.1) is 6.54 Å². The maximum Gasteiger partial charge on any atom is 0.401 e. The topological polar surface area (TPSA) is 59.9 Å². The van der Waals surface area contributed by atoms with E-state index in [1.165, 1.54) is 4.90 Å². The molecular weight excluding hydrogens is 472 g/mol. The van der Waals surface area contributed by atoms with Gasteiger partial charge in [0.2, 0.25) is 0 Å². The lowest BCUT2D eigenvalue weighted by Gasteiger charge is -2.19. The van der Waals surface area contributed by atoms with Crippen molar-refractivity contribution in [3.8, 4) is 5.75 Å². The Morgan fingerprint density at radius 3 is 2.63 bits per heavy atom. The molecule has 5 nitrogen and oxygen atoms in total. The van der Waals surface area contributed by atoms with E-state index in [0.29, 0.717) is 38.6 Å². The number of benzene rings is 1. The van der Waals surface area contributed by atoms with Crippen LogP contribution in [0.3, 0.4) is 0 Å². The maximum absolute atomic E-state index is 12.5. The van der Waals surface area contributed by atoms with Crippen molar-refractivity contribution in [3.05, 3.63) is 29.8 Å². The van der Waals surface area contributed by atoms with Crippen LogP contribution >= 0.6 is 24.0 Å². The molecule has 1 aromatic rings. The lowest BCUT2D eigenvalue weighted by molar-refractivity contribution is -0.143. The summed E-state index contributed by atoms with van der Waals surface area (Å²) in [6, 6.07) is 7.08. The first kappa shape index (κ1) is 23.8. The number of phenolic OH excluding ortho intramolecular Hbond substituents is 1. The molecule has 1 atom stereocenters. The molecule has 0 aromatic heterocycles. The number of likely N-dealkylation sites (tertiary alicyclic amines) is 1. The van der Waals surface area contributed by atoms with Gasteiger partial charge < -0.3 is 15.7 Å². The van der Waals surface area contributed by atoms with E-state index in [4.69, 9.17) is 0 Å². The first-order valence-corrected chi connectivity index (χ1v) is 8.97. The van der Waals surface area contributed by atoms with Crippen molar-refractivity contribution in [2.24, 2.45) is 4.99 Å². The molecule has 0 spiro atoms. The molecule has 1 unspecified atom stereocenters. The number of aromatic hydroxyl groups is 1. The molecule has 0 saturated carbocycles. The van der Waals surface area contributed by atoms with E-state index in [-0.39, 0.29) is 35.8 Å². The minimum Gasteiger partial charge on any atom is -0.508 e. The van der Waals surface area contributed by atoms with Crippen LogP contribution < -0.4 is 10.6 Å². The van der Waals surface area contributed by atoms with Crippen LogP contribution in [0.5, 0.6) is 5.75 Å². The number of aryl methyl sites for hydroxylation is 1. The van der Waals surface area contributed by atoms with Crippen molar-refractivity contribution in [3.63, 3.8) is 0 Å². The molecule has 0 aliphatic carbocycles. The molecule has 0 amide bonds. The Kier molecular flexibility index (Phi) is 10.2. The average molecular weight is 500 g/mol. The summed E-state index contributed by atoms with van der Waals surface area (Å²) < 4.78 is 37.4. The summed E-state index contributed by atoms with van der Waals surface area (Å²) in [5.41, 5.74) is 1.13. The van der Waals surface area contributed by atoms with Crippen molar-refractivity contribution in [2.75, 3.05) is 32.7 Å². The Labute approximate surface area is 175 Å². The minimum absolute atomic E-state index is 0. The molecule has 1 aliphatic rings. The normalized spacial score (nSPS) is 18.2. The summed E-state index contributed by atoms with van der Waals surface area (Å²) in [6.07, 6.45) is -1.77. The quantitative estimate of drug-likeness (QED) is 0.233. The number of aliphatic imine (C=N–C) groups is 1. The highest BCUT2D eigenvalue weighted by Crippen LogP contribution is 2.19. The summed E-state index contributed by atoms with van der Waals surface area (Å²) in [5, 5.41) is 15.7. The Bertz CT molecular complexity index is 581. The van der Waals surface area contributed by atoms with Crippen molar-refractivity contribution < 1.29 is 18.3 Å². The number of halogens is 4. The Hall–Kier alpha value is -1.23. The van der Waals surface area contributed by atoms with E-state index in [2.05, 4.69) is 15.6 Å². The molecule has 1 fully saturated rings. The third-order valence-corrected chi connectivity index (χ3v) is 4.19. The largest absolute Gasteiger partial charge is 0.508 e. The summed E-state index contributed by atoms with van der Waals surface area (Å²) in [6.45, 7) is 3.23. The average Bonchev–Trinajstić information content (AvgIpc) is 2.98. The molecule has 3 N–H and O–H groups in total. The number of phenols is 1. The zero-order valence-electron chi connectivity index (χ0n) is 15.4. The van der Waals surface area contributed by atoms with Crippen LogP contribution in [0.15, 0.2) is 29.3 Å². The predicted octanol–water partition coefficient (Wildman–Crippen LogP) is 3.13. The van der Waals surface area contributed by atoms with Crippen LogP contribution in [0.4, 0.5) is 13.2 Å². The van der Waals surface area contributed by atoms with Crippen molar-refractivity contribution in [1.29, 1.82) is 0 Å². The minimum atomic E-state index is -4.15. The molecule has 2 rings (SSSR count). The molecule has 1 saturated heterocycles. The fraction of sp³-hybridized carbons (Fsp3) is 0.611. The second kappa shape index (κ2) is 11.6. The van der Waals surface area contributed by atoms with Gasteiger partial charge in [-0.3, -0.25) is 9.89 Å². The van der Waals surface area contributed by atoms with E-state index in [1.54, 1.807) is 12.1 Å². The lowest BCUT2D eigenvalue weighted by atomic mass is 10.1. The van der Waals surface area contributed by atoms with Crippen LogP contribution in [0, 0.1) is 0 Å². The third kappa shape index (κ3) is 9.50. The fourth-order valence-corrected chi connectivity index (χ4v) is 3.00.